The van der Waals surface area contributed by atoms with Crippen LogP contribution >= 0.6 is 0 Å². The third-order valence-electron chi connectivity index (χ3n) is 5.96. The van der Waals surface area contributed by atoms with Gasteiger partial charge in [-0.2, -0.15) is 4.72 Å². The summed E-state index contributed by atoms with van der Waals surface area (Å²) in [6.45, 7) is 5.32. The first-order valence-corrected chi connectivity index (χ1v) is 13.3. The lowest BCUT2D eigenvalue weighted by Gasteiger charge is -2.22. The van der Waals surface area contributed by atoms with Gasteiger partial charge in [-0.25, -0.2) is 13.2 Å². The number of amides is 1. The molecule has 0 saturated heterocycles. The summed E-state index contributed by atoms with van der Waals surface area (Å²) < 4.78 is 45.1. The zero-order valence-electron chi connectivity index (χ0n) is 22.2. The van der Waals surface area contributed by atoms with Crippen molar-refractivity contribution in [3.8, 4) is 11.5 Å². The maximum Gasteiger partial charge on any atom is 0.340 e. The molecule has 0 radical (unpaired) electrons. The molecule has 3 aromatic carbocycles. The van der Waals surface area contributed by atoms with E-state index in [1.165, 1.54) is 33.5 Å². The van der Waals surface area contributed by atoms with Gasteiger partial charge in [0.1, 0.15) is 6.04 Å². The first-order chi connectivity index (χ1) is 18.0. The summed E-state index contributed by atoms with van der Waals surface area (Å²) in [6, 6.07) is 14.2. The Hall–Kier alpha value is -3.89. The number of carbonyl (C=O) groups is 2. The van der Waals surface area contributed by atoms with E-state index < -0.39 is 27.9 Å². The van der Waals surface area contributed by atoms with Crippen LogP contribution in [0.25, 0.3) is 0 Å². The predicted molar refractivity (Wildman–Crippen MR) is 144 cm³/mol. The standard InChI is InChI=1S/C28H32N2O7S/c1-17-12-18(2)26(19(3)13-17)38(33,34)30-23(14-20-10-8-7-9-11-20)27(31)29-22-16-25(36-5)24(35-4)15-21(22)28(32)37-6/h7-13,15-16,23,30H,14H2,1-6H3,(H,29,31). The van der Waals surface area contributed by atoms with E-state index >= 15 is 0 Å². The Balaban J connectivity index is 2.04. The normalized spacial score (nSPS) is 11.9. The van der Waals surface area contributed by atoms with E-state index in [9.17, 15) is 18.0 Å². The Morgan fingerprint density at radius 1 is 0.868 bits per heavy atom. The molecule has 0 fully saturated rings. The number of sulfonamides is 1. The average Bonchev–Trinajstić information content (AvgIpc) is 2.87. The van der Waals surface area contributed by atoms with Crippen LogP contribution in [0.4, 0.5) is 5.69 Å². The minimum atomic E-state index is -4.10. The van der Waals surface area contributed by atoms with Crippen LogP contribution in [0.1, 0.15) is 32.6 Å². The molecule has 3 rings (SSSR count). The third-order valence-corrected chi connectivity index (χ3v) is 7.73. The zero-order chi connectivity index (χ0) is 28.0. The molecule has 0 heterocycles. The van der Waals surface area contributed by atoms with Crippen molar-refractivity contribution in [2.45, 2.75) is 38.1 Å². The first kappa shape index (κ1) is 28.7. The Labute approximate surface area is 223 Å². The van der Waals surface area contributed by atoms with Crippen molar-refractivity contribution >= 4 is 27.6 Å². The number of methoxy groups -OCH3 is 3. The van der Waals surface area contributed by atoms with E-state index in [0.717, 1.165) is 11.1 Å². The highest BCUT2D eigenvalue weighted by Crippen LogP contribution is 2.34. The monoisotopic (exact) mass is 540 g/mol. The number of esters is 1. The molecule has 1 atom stereocenters. The lowest BCUT2D eigenvalue weighted by Crippen LogP contribution is -2.45. The Morgan fingerprint density at radius 2 is 1.45 bits per heavy atom. The molecule has 3 aromatic rings. The summed E-state index contributed by atoms with van der Waals surface area (Å²) >= 11 is 0. The summed E-state index contributed by atoms with van der Waals surface area (Å²) in [6.07, 6.45) is 0.0662. The highest BCUT2D eigenvalue weighted by molar-refractivity contribution is 7.89. The SMILES string of the molecule is COC(=O)c1cc(OC)c(OC)cc1NC(=O)C(Cc1ccccc1)NS(=O)(=O)c1c(C)cc(C)cc1C. The fraction of sp³-hybridized carbons (Fsp3) is 0.286. The van der Waals surface area contributed by atoms with E-state index in [4.69, 9.17) is 14.2 Å². The molecule has 0 aliphatic carbocycles. The van der Waals surface area contributed by atoms with Crippen LogP contribution in [0, 0.1) is 20.8 Å². The smallest absolute Gasteiger partial charge is 0.340 e. The van der Waals surface area contributed by atoms with E-state index in [2.05, 4.69) is 10.0 Å². The van der Waals surface area contributed by atoms with Crippen molar-refractivity contribution < 1.29 is 32.2 Å². The molecule has 202 valence electrons. The molecule has 0 saturated carbocycles. The largest absolute Gasteiger partial charge is 0.493 e. The van der Waals surface area contributed by atoms with Gasteiger partial charge in [0, 0.05) is 12.1 Å². The predicted octanol–water partition coefficient (Wildman–Crippen LogP) is 3.94. The molecule has 10 heteroatoms. The van der Waals surface area contributed by atoms with Crippen molar-refractivity contribution in [2.24, 2.45) is 0 Å². The van der Waals surface area contributed by atoms with Gasteiger partial charge >= 0.3 is 5.97 Å². The average molecular weight is 541 g/mol. The number of carbonyl (C=O) groups excluding carboxylic acids is 2. The van der Waals surface area contributed by atoms with Gasteiger partial charge in [-0.3, -0.25) is 4.79 Å². The second-order valence-corrected chi connectivity index (χ2v) is 10.5. The maximum absolute atomic E-state index is 13.6. The van der Waals surface area contributed by atoms with Gasteiger partial charge in [0.2, 0.25) is 15.9 Å². The molecule has 0 bridgehead atoms. The van der Waals surface area contributed by atoms with Gasteiger partial charge in [0.25, 0.3) is 0 Å². The molecule has 9 nitrogen and oxygen atoms in total. The molecule has 0 spiro atoms. The molecule has 1 amide bonds. The summed E-state index contributed by atoms with van der Waals surface area (Å²) in [5, 5.41) is 2.68. The van der Waals surface area contributed by atoms with Crippen molar-refractivity contribution in [3.63, 3.8) is 0 Å². The van der Waals surface area contributed by atoms with Gasteiger partial charge < -0.3 is 19.5 Å². The Morgan fingerprint density at radius 3 is 2.00 bits per heavy atom. The number of nitrogens with one attached hydrogen (secondary N) is 2. The molecule has 0 aliphatic rings. The third kappa shape index (κ3) is 6.51. The number of aryl methyl sites for hydroxylation is 3. The lowest BCUT2D eigenvalue weighted by molar-refractivity contribution is -0.117. The van der Waals surface area contributed by atoms with E-state index in [0.29, 0.717) is 11.1 Å². The highest BCUT2D eigenvalue weighted by Gasteiger charge is 2.30. The second-order valence-electron chi connectivity index (χ2n) is 8.83. The van der Waals surface area contributed by atoms with Crippen LogP contribution in [-0.4, -0.2) is 47.7 Å². The van der Waals surface area contributed by atoms with Gasteiger partial charge in [-0.15, -0.1) is 0 Å². The van der Waals surface area contributed by atoms with Crippen LogP contribution in [0.15, 0.2) is 59.5 Å². The maximum atomic E-state index is 13.6. The Bertz CT molecular complexity index is 1410. The van der Waals surface area contributed by atoms with Crippen LogP contribution in [0.5, 0.6) is 11.5 Å². The number of hydrogen-bond acceptors (Lipinski definition) is 7. The number of anilines is 1. The number of hydrogen-bond donors (Lipinski definition) is 2. The number of benzene rings is 3. The molecule has 38 heavy (non-hydrogen) atoms. The summed E-state index contributed by atoms with van der Waals surface area (Å²) in [7, 11) is -0.0551. The first-order valence-electron chi connectivity index (χ1n) is 11.8. The quantitative estimate of drug-likeness (QED) is 0.374. The van der Waals surface area contributed by atoms with Crippen molar-refractivity contribution in [2.75, 3.05) is 26.6 Å². The van der Waals surface area contributed by atoms with Gasteiger partial charge in [0.15, 0.2) is 11.5 Å². The highest BCUT2D eigenvalue weighted by atomic mass is 32.2. The van der Waals surface area contributed by atoms with Crippen LogP contribution in [0.3, 0.4) is 0 Å². The molecular weight excluding hydrogens is 508 g/mol. The number of rotatable bonds is 10. The van der Waals surface area contributed by atoms with E-state index in [1.54, 1.807) is 50.2 Å². The summed E-state index contributed by atoms with van der Waals surface area (Å²) in [5.41, 5.74) is 2.92. The lowest BCUT2D eigenvalue weighted by atomic mass is 10.1. The second kappa shape index (κ2) is 12.1. The minimum Gasteiger partial charge on any atom is -0.493 e. The van der Waals surface area contributed by atoms with Crippen molar-refractivity contribution in [3.05, 3.63) is 82.4 Å². The van der Waals surface area contributed by atoms with Crippen molar-refractivity contribution in [1.29, 1.82) is 0 Å². The fourth-order valence-electron chi connectivity index (χ4n) is 4.36. The minimum absolute atomic E-state index is 0.0186. The van der Waals surface area contributed by atoms with Crippen LogP contribution in [0.2, 0.25) is 0 Å². The van der Waals surface area contributed by atoms with Crippen LogP contribution < -0.4 is 19.5 Å². The number of ether oxygens (including phenoxy) is 3. The van der Waals surface area contributed by atoms with Gasteiger partial charge in [0.05, 0.1) is 37.5 Å². The Kier molecular flexibility index (Phi) is 9.13. The zero-order valence-corrected chi connectivity index (χ0v) is 23.1. The molecule has 0 aliphatic heterocycles. The van der Waals surface area contributed by atoms with E-state index in [1.807, 2.05) is 13.0 Å². The topological polar surface area (TPSA) is 120 Å². The molecule has 2 N–H and O–H groups in total. The summed E-state index contributed by atoms with van der Waals surface area (Å²) in [5.74, 6) is -0.858. The summed E-state index contributed by atoms with van der Waals surface area (Å²) in [4.78, 5) is 26.2. The van der Waals surface area contributed by atoms with Gasteiger partial charge in [-0.1, -0.05) is 48.0 Å². The van der Waals surface area contributed by atoms with Crippen molar-refractivity contribution in [1.82, 2.24) is 4.72 Å². The van der Waals surface area contributed by atoms with Crippen LogP contribution in [-0.2, 0) is 26.0 Å². The molecular formula is C28H32N2O7S. The van der Waals surface area contributed by atoms with E-state index in [-0.39, 0.29) is 34.1 Å². The van der Waals surface area contributed by atoms with Gasteiger partial charge in [-0.05, 0) is 43.9 Å². The molecule has 0 aromatic heterocycles. The molecule has 1 unspecified atom stereocenters. The fourth-order valence-corrected chi connectivity index (χ4v) is 6.00.